The Morgan fingerprint density at radius 1 is 1.42 bits per heavy atom. The van der Waals surface area contributed by atoms with Crippen LogP contribution in [0.2, 0.25) is 0 Å². The van der Waals surface area contributed by atoms with Gasteiger partial charge in [0.2, 0.25) is 0 Å². The van der Waals surface area contributed by atoms with E-state index in [1.807, 2.05) is 6.07 Å². The number of anilines is 1. The maximum absolute atomic E-state index is 11.0. The molecule has 19 heavy (non-hydrogen) atoms. The Kier molecular flexibility index (Phi) is 4.37. The van der Waals surface area contributed by atoms with Gasteiger partial charge in [-0.3, -0.25) is 15.0 Å². The highest BCUT2D eigenvalue weighted by Crippen LogP contribution is 2.30. The van der Waals surface area contributed by atoms with E-state index in [4.69, 9.17) is 0 Å². The minimum absolute atomic E-state index is 0.153. The zero-order valence-electron chi connectivity index (χ0n) is 11.6. The molecule has 1 fully saturated rings. The van der Waals surface area contributed by atoms with Gasteiger partial charge in [0.05, 0.1) is 4.92 Å². The van der Waals surface area contributed by atoms with Gasteiger partial charge in [0.1, 0.15) is 5.69 Å². The summed E-state index contributed by atoms with van der Waals surface area (Å²) in [4.78, 5) is 13.0. The fourth-order valence-corrected chi connectivity index (χ4v) is 2.90. The van der Waals surface area contributed by atoms with Crippen LogP contribution in [0.25, 0.3) is 0 Å². The smallest absolute Gasteiger partial charge is 0.292 e. The van der Waals surface area contributed by atoms with Crippen molar-refractivity contribution in [3.8, 4) is 0 Å². The Labute approximate surface area is 113 Å². The van der Waals surface area contributed by atoms with Crippen molar-refractivity contribution in [1.29, 1.82) is 0 Å². The summed E-state index contributed by atoms with van der Waals surface area (Å²) in [5, 5.41) is 14.0. The standard InChI is InChI=1S/C14H21N3O2/c1-15-14-11(6-5-9-13(14)17(18)19)10-16(2)12-7-3-4-8-12/h5-6,9,12,15H,3-4,7-8,10H2,1-2H3. The van der Waals surface area contributed by atoms with Crippen molar-refractivity contribution < 1.29 is 4.92 Å². The number of hydrogen-bond acceptors (Lipinski definition) is 4. The van der Waals surface area contributed by atoms with Crippen LogP contribution in [-0.2, 0) is 6.54 Å². The highest BCUT2D eigenvalue weighted by molar-refractivity contribution is 5.66. The minimum Gasteiger partial charge on any atom is -0.382 e. The largest absolute Gasteiger partial charge is 0.382 e. The summed E-state index contributed by atoms with van der Waals surface area (Å²) in [5.41, 5.74) is 1.78. The molecule has 5 heteroatoms. The van der Waals surface area contributed by atoms with E-state index in [1.165, 1.54) is 25.7 Å². The number of para-hydroxylation sites is 1. The Balaban J connectivity index is 2.19. The molecule has 1 saturated carbocycles. The minimum atomic E-state index is -0.328. The van der Waals surface area contributed by atoms with Crippen molar-refractivity contribution in [1.82, 2.24) is 4.90 Å². The van der Waals surface area contributed by atoms with E-state index in [0.717, 1.165) is 12.1 Å². The van der Waals surface area contributed by atoms with Gasteiger partial charge in [-0.05, 0) is 25.5 Å². The summed E-state index contributed by atoms with van der Waals surface area (Å²) in [7, 11) is 3.84. The van der Waals surface area contributed by atoms with Crippen LogP contribution in [0.15, 0.2) is 18.2 Å². The molecule has 0 aliphatic heterocycles. The molecule has 0 spiro atoms. The maximum atomic E-state index is 11.0. The molecule has 104 valence electrons. The molecular formula is C14H21N3O2. The lowest BCUT2D eigenvalue weighted by Gasteiger charge is -2.25. The Hall–Kier alpha value is -1.62. The van der Waals surface area contributed by atoms with Crippen molar-refractivity contribution in [2.75, 3.05) is 19.4 Å². The van der Waals surface area contributed by atoms with Gasteiger partial charge < -0.3 is 5.32 Å². The van der Waals surface area contributed by atoms with Crippen LogP contribution in [-0.4, -0.2) is 30.0 Å². The van der Waals surface area contributed by atoms with Crippen LogP contribution in [0, 0.1) is 10.1 Å². The van der Waals surface area contributed by atoms with E-state index >= 15 is 0 Å². The first-order valence-corrected chi connectivity index (χ1v) is 6.77. The number of hydrogen-bond donors (Lipinski definition) is 1. The van der Waals surface area contributed by atoms with E-state index in [1.54, 1.807) is 19.2 Å². The van der Waals surface area contributed by atoms with Crippen LogP contribution >= 0.6 is 0 Å². The van der Waals surface area contributed by atoms with Gasteiger partial charge in [-0.2, -0.15) is 0 Å². The molecule has 0 heterocycles. The lowest BCUT2D eigenvalue weighted by Crippen LogP contribution is -2.28. The highest BCUT2D eigenvalue weighted by atomic mass is 16.6. The van der Waals surface area contributed by atoms with Gasteiger partial charge in [0.25, 0.3) is 5.69 Å². The lowest BCUT2D eigenvalue weighted by molar-refractivity contribution is -0.384. The molecule has 0 radical (unpaired) electrons. The van der Waals surface area contributed by atoms with Gasteiger partial charge in [-0.25, -0.2) is 0 Å². The second-order valence-electron chi connectivity index (χ2n) is 5.17. The predicted molar refractivity (Wildman–Crippen MR) is 76.4 cm³/mol. The van der Waals surface area contributed by atoms with Gasteiger partial charge in [0.15, 0.2) is 0 Å². The number of nitro groups is 1. The molecule has 0 bridgehead atoms. The fourth-order valence-electron chi connectivity index (χ4n) is 2.90. The van der Waals surface area contributed by atoms with Crippen molar-refractivity contribution in [2.24, 2.45) is 0 Å². The molecule has 1 N–H and O–H groups in total. The number of nitrogens with one attached hydrogen (secondary N) is 1. The summed E-state index contributed by atoms with van der Waals surface area (Å²) in [6.07, 6.45) is 5.06. The normalized spacial score (nSPS) is 15.9. The summed E-state index contributed by atoms with van der Waals surface area (Å²) < 4.78 is 0. The van der Waals surface area contributed by atoms with Crippen LogP contribution < -0.4 is 5.32 Å². The number of nitrogens with zero attached hydrogens (tertiary/aromatic N) is 2. The molecule has 0 aromatic heterocycles. The molecular weight excluding hydrogens is 242 g/mol. The van der Waals surface area contributed by atoms with Crippen molar-refractivity contribution in [3.63, 3.8) is 0 Å². The van der Waals surface area contributed by atoms with Crippen molar-refractivity contribution >= 4 is 11.4 Å². The third-order valence-corrected chi connectivity index (χ3v) is 3.94. The third-order valence-electron chi connectivity index (χ3n) is 3.94. The van der Waals surface area contributed by atoms with E-state index in [-0.39, 0.29) is 10.6 Å². The van der Waals surface area contributed by atoms with Crippen LogP contribution in [0.3, 0.4) is 0 Å². The highest BCUT2D eigenvalue weighted by Gasteiger charge is 2.22. The maximum Gasteiger partial charge on any atom is 0.292 e. The molecule has 0 amide bonds. The van der Waals surface area contributed by atoms with E-state index in [9.17, 15) is 10.1 Å². The SMILES string of the molecule is CNc1c(CN(C)C2CCCC2)cccc1[N+](=O)[O-]. The third kappa shape index (κ3) is 3.04. The Morgan fingerprint density at radius 3 is 2.68 bits per heavy atom. The molecule has 0 unspecified atom stereocenters. The van der Waals surface area contributed by atoms with E-state index < -0.39 is 0 Å². The number of nitro benzene ring substituents is 1. The monoisotopic (exact) mass is 263 g/mol. The average molecular weight is 263 g/mol. The van der Waals surface area contributed by atoms with Crippen LogP contribution in [0.1, 0.15) is 31.2 Å². The first-order chi connectivity index (χ1) is 9.13. The second kappa shape index (κ2) is 6.02. The fraction of sp³-hybridized carbons (Fsp3) is 0.571. The van der Waals surface area contributed by atoms with Gasteiger partial charge >= 0.3 is 0 Å². The summed E-state index contributed by atoms with van der Waals surface area (Å²) in [5.74, 6) is 0. The van der Waals surface area contributed by atoms with Crippen LogP contribution in [0.4, 0.5) is 11.4 Å². The number of rotatable bonds is 5. The first-order valence-electron chi connectivity index (χ1n) is 6.77. The summed E-state index contributed by atoms with van der Waals surface area (Å²) in [6.45, 7) is 0.752. The molecule has 5 nitrogen and oxygen atoms in total. The molecule has 1 aliphatic carbocycles. The molecule has 0 atom stereocenters. The quantitative estimate of drug-likeness (QED) is 0.655. The van der Waals surface area contributed by atoms with Crippen LogP contribution in [0.5, 0.6) is 0 Å². The van der Waals surface area contributed by atoms with Gasteiger partial charge in [-0.15, -0.1) is 0 Å². The Morgan fingerprint density at radius 2 is 2.11 bits per heavy atom. The Bertz CT molecular complexity index is 456. The number of benzene rings is 1. The zero-order valence-corrected chi connectivity index (χ0v) is 11.6. The lowest BCUT2D eigenvalue weighted by atomic mass is 10.1. The molecule has 1 aliphatic rings. The van der Waals surface area contributed by atoms with Gasteiger partial charge in [-0.1, -0.05) is 25.0 Å². The zero-order chi connectivity index (χ0) is 13.8. The average Bonchev–Trinajstić information content (AvgIpc) is 2.92. The molecule has 0 saturated heterocycles. The molecule has 1 aromatic carbocycles. The first kappa shape index (κ1) is 13.8. The summed E-state index contributed by atoms with van der Waals surface area (Å²) >= 11 is 0. The molecule has 2 rings (SSSR count). The molecule has 1 aromatic rings. The summed E-state index contributed by atoms with van der Waals surface area (Å²) in [6, 6.07) is 5.88. The van der Waals surface area contributed by atoms with Gasteiger partial charge in [0, 0.05) is 25.7 Å². The van der Waals surface area contributed by atoms with Crippen molar-refractivity contribution in [3.05, 3.63) is 33.9 Å². The predicted octanol–water partition coefficient (Wildman–Crippen LogP) is 3.01. The topological polar surface area (TPSA) is 58.4 Å². The second-order valence-corrected chi connectivity index (χ2v) is 5.17. The van der Waals surface area contributed by atoms with Crippen molar-refractivity contribution in [2.45, 2.75) is 38.3 Å². The van der Waals surface area contributed by atoms with E-state index in [0.29, 0.717) is 11.7 Å². The van der Waals surface area contributed by atoms with E-state index in [2.05, 4.69) is 17.3 Å².